The first-order valence-electron chi connectivity index (χ1n) is 10.4. The Labute approximate surface area is 202 Å². The maximum absolute atomic E-state index is 7.08. The molecule has 1 unspecified atom stereocenters. The van der Waals surface area contributed by atoms with Gasteiger partial charge in [-0.05, 0) is 29.2 Å². The number of hydrogen-bond acceptors (Lipinski definition) is 1. The highest BCUT2D eigenvalue weighted by Crippen LogP contribution is 2.89. The number of ether oxygens (including phenoxy) is 1. The van der Waals surface area contributed by atoms with Gasteiger partial charge in [0.15, 0.2) is 8.67 Å². The van der Waals surface area contributed by atoms with Crippen molar-refractivity contribution in [3.8, 4) is 0 Å². The molecule has 0 bridgehead atoms. The Morgan fingerprint density at radius 3 is 1.48 bits per heavy atom. The van der Waals surface area contributed by atoms with Crippen molar-refractivity contribution in [3.63, 3.8) is 0 Å². The molecule has 1 aliphatic heterocycles. The van der Waals surface area contributed by atoms with Gasteiger partial charge in [0.2, 0.25) is 0 Å². The SMILES string of the molecule is Cc1ccccc1C1[C@@H]2C(Cl)(Cl)[C@@]2(c2ccccc2)O[C@@]2(c3ccccc3)[C@@H]1C2(Cl)Cl. The van der Waals surface area contributed by atoms with Gasteiger partial charge in [0, 0.05) is 17.8 Å². The summed E-state index contributed by atoms with van der Waals surface area (Å²) >= 11 is 28.3. The van der Waals surface area contributed by atoms with E-state index in [9.17, 15) is 0 Å². The molecule has 5 heteroatoms. The van der Waals surface area contributed by atoms with Crippen LogP contribution < -0.4 is 0 Å². The van der Waals surface area contributed by atoms with Crippen LogP contribution in [0.2, 0.25) is 0 Å². The largest absolute Gasteiger partial charge is 0.352 e. The molecule has 3 aromatic rings. The van der Waals surface area contributed by atoms with Crippen molar-refractivity contribution in [1.29, 1.82) is 0 Å². The summed E-state index contributed by atoms with van der Waals surface area (Å²) in [5, 5.41) is 0. The molecule has 158 valence electrons. The number of rotatable bonds is 3. The molecule has 0 radical (unpaired) electrons. The quantitative estimate of drug-likeness (QED) is 0.346. The maximum atomic E-state index is 7.08. The molecule has 0 amide bonds. The molecule has 2 saturated carbocycles. The summed E-state index contributed by atoms with van der Waals surface area (Å²) < 4.78 is 4.78. The molecule has 3 fully saturated rings. The van der Waals surface area contributed by atoms with Crippen LogP contribution in [0.5, 0.6) is 0 Å². The smallest absolute Gasteiger partial charge is 0.158 e. The van der Waals surface area contributed by atoms with Gasteiger partial charge in [0.1, 0.15) is 11.2 Å². The van der Waals surface area contributed by atoms with Crippen LogP contribution in [-0.4, -0.2) is 8.67 Å². The lowest BCUT2D eigenvalue weighted by molar-refractivity contribution is -0.100. The zero-order valence-electron chi connectivity index (χ0n) is 16.7. The molecule has 0 N–H and O–H groups in total. The molecule has 3 aromatic carbocycles. The average Bonchev–Trinajstić information content (AvgIpc) is 3.51. The lowest BCUT2D eigenvalue weighted by Gasteiger charge is -2.35. The number of benzene rings is 3. The molecule has 2 aliphatic carbocycles. The van der Waals surface area contributed by atoms with Gasteiger partial charge >= 0.3 is 0 Å². The first-order chi connectivity index (χ1) is 14.8. The first kappa shape index (κ1) is 20.4. The Morgan fingerprint density at radius 2 is 1.03 bits per heavy atom. The Hall–Kier alpha value is -1.22. The third-order valence-electron chi connectivity index (χ3n) is 7.47. The predicted octanol–water partition coefficient (Wildman–Crippen LogP) is 7.51. The molecule has 3 aliphatic rings. The third-order valence-corrected chi connectivity index (χ3v) is 9.54. The second kappa shape index (κ2) is 6.43. The van der Waals surface area contributed by atoms with Crippen LogP contribution in [0.15, 0.2) is 84.9 Å². The Bertz CT molecular complexity index is 1090. The fourth-order valence-electron chi connectivity index (χ4n) is 6.03. The van der Waals surface area contributed by atoms with Crippen molar-refractivity contribution in [2.45, 2.75) is 32.7 Å². The van der Waals surface area contributed by atoms with Gasteiger partial charge in [-0.2, -0.15) is 0 Å². The van der Waals surface area contributed by atoms with E-state index in [1.54, 1.807) is 0 Å². The zero-order valence-corrected chi connectivity index (χ0v) is 19.8. The monoisotopic (exact) mass is 488 g/mol. The average molecular weight is 490 g/mol. The summed E-state index contributed by atoms with van der Waals surface area (Å²) in [4.78, 5) is 0. The topological polar surface area (TPSA) is 9.23 Å². The summed E-state index contributed by atoms with van der Waals surface area (Å²) in [6.07, 6.45) is 0. The highest BCUT2D eigenvalue weighted by molar-refractivity contribution is 6.54. The van der Waals surface area contributed by atoms with Gasteiger partial charge in [-0.25, -0.2) is 0 Å². The molecule has 0 spiro atoms. The summed E-state index contributed by atoms with van der Waals surface area (Å²) in [7, 11) is 0. The van der Waals surface area contributed by atoms with Crippen molar-refractivity contribution >= 4 is 46.4 Å². The minimum atomic E-state index is -1.10. The van der Waals surface area contributed by atoms with Gasteiger partial charge < -0.3 is 4.74 Å². The van der Waals surface area contributed by atoms with Crippen molar-refractivity contribution in [1.82, 2.24) is 0 Å². The molecule has 6 rings (SSSR count). The number of hydrogen-bond donors (Lipinski definition) is 0. The molecular formula is C26H20Cl4O. The van der Waals surface area contributed by atoms with E-state index in [0.717, 1.165) is 11.1 Å². The summed E-state index contributed by atoms with van der Waals surface area (Å²) in [5.74, 6) is -0.401. The van der Waals surface area contributed by atoms with Crippen LogP contribution >= 0.6 is 46.4 Å². The van der Waals surface area contributed by atoms with E-state index in [0.29, 0.717) is 0 Å². The van der Waals surface area contributed by atoms with Crippen LogP contribution in [0.4, 0.5) is 0 Å². The first-order valence-corrected chi connectivity index (χ1v) is 11.9. The van der Waals surface area contributed by atoms with Crippen LogP contribution in [0.25, 0.3) is 0 Å². The minimum Gasteiger partial charge on any atom is -0.352 e. The van der Waals surface area contributed by atoms with E-state index in [1.165, 1.54) is 11.1 Å². The molecular weight excluding hydrogens is 470 g/mol. The maximum Gasteiger partial charge on any atom is 0.158 e. The molecule has 1 heterocycles. The van der Waals surface area contributed by atoms with Gasteiger partial charge in [-0.15, -0.1) is 0 Å². The summed E-state index contributed by atoms with van der Waals surface area (Å²) in [6.45, 7) is 2.11. The van der Waals surface area contributed by atoms with Crippen LogP contribution in [0, 0.1) is 18.8 Å². The standard InChI is InChI=1S/C26H20Cl4O/c1-16-10-8-9-15-19(16)20-21-23(25(21,27)28,17-11-4-2-5-12-17)31-24(22(20)26(24,29)30)18-13-6-3-7-14-18/h2-15,20-22H,1H3/t20?,21-,22+,23-,24-/m0/s1. The van der Waals surface area contributed by atoms with E-state index >= 15 is 0 Å². The van der Waals surface area contributed by atoms with E-state index < -0.39 is 19.9 Å². The normalized spacial score (nSPS) is 36.2. The molecule has 1 nitrogen and oxygen atoms in total. The van der Waals surface area contributed by atoms with Crippen LogP contribution in [0.1, 0.15) is 28.2 Å². The lowest BCUT2D eigenvalue weighted by Crippen LogP contribution is -2.35. The minimum absolute atomic E-state index is 0.0552. The van der Waals surface area contributed by atoms with Crippen molar-refractivity contribution in [2.24, 2.45) is 11.8 Å². The lowest BCUT2D eigenvalue weighted by atomic mass is 9.80. The van der Waals surface area contributed by atoms with Gasteiger partial charge in [-0.1, -0.05) is 131 Å². The van der Waals surface area contributed by atoms with Crippen molar-refractivity contribution < 1.29 is 4.74 Å². The molecule has 1 saturated heterocycles. The molecule has 0 aromatic heterocycles. The second-order valence-corrected chi connectivity index (χ2v) is 11.7. The van der Waals surface area contributed by atoms with Crippen LogP contribution in [-0.2, 0) is 15.9 Å². The van der Waals surface area contributed by atoms with E-state index in [-0.39, 0.29) is 17.8 Å². The van der Waals surface area contributed by atoms with Crippen molar-refractivity contribution in [3.05, 3.63) is 107 Å². The van der Waals surface area contributed by atoms with Crippen LogP contribution in [0.3, 0.4) is 0 Å². The Morgan fingerprint density at radius 1 is 0.613 bits per heavy atom. The van der Waals surface area contributed by atoms with Crippen molar-refractivity contribution in [2.75, 3.05) is 0 Å². The number of aryl methyl sites for hydroxylation is 1. The summed E-state index contributed by atoms with van der Waals surface area (Å²) in [6, 6.07) is 28.3. The van der Waals surface area contributed by atoms with Gasteiger partial charge in [0.05, 0.1) is 0 Å². The Kier molecular flexibility index (Phi) is 4.23. The Balaban J connectivity index is 1.62. The van der Waals surface area contributed by atoms with Gasteiger partial charge in [-0.3, -0.25) is 0 Å². The van der Waals surface area contributed by atoms with E-state index in [2.05, 4.69) is 19.1 Å². The predicted molar refractivity (Wildman–Crippen MR) is 127 cm³/mol. The number of halogens is 4. The van der Waals surface area contributed by atoms with E-state index in [1.807, 2.05) is 72.8 Å². The highest BCUT2D eigenvalue weighted by Gasteiger charge is 2.95. The fraction of sp³-hybridized carbons (Fsp3) is 0.308. The summed E-state index contributed by atoms with van der Waals surface area (Å²) in [5.41, 5.74) is 2.45. The van der Waals surface area contributed by atoms with E-state index in [4.69, 9.17) is 51.1 Å². The molecule has 31 heavy (non-hydrogen) atoms. The number of fused-ring (bicyclic) bond motifs is 2. The third kappa shape index (κ3) is 2.35. The van der Waals surface area contributed by atoms with Gasteiger partial charge in [0.25, 0.3) is 0 Å². The second-order valence-electron chi connectivity index (χ2n) is 8.89. The highest BCUT2D eigenvalue weighted by atomic mass is 35.5. The molecule has 5 atom stereocenters. The number of alkyl halides is 4. The fourth-order valence-corrected chi connectivity index (χ4v) is 8.03. The zero-order chi connectivity index (χ0) is 21.6.